The molecule has 0 unspecified atom stereocenters. The first-order valence-corrected chi connectivity index (χ1v) is 8.60. The van der Waals surface area contributed by atoms with Crippen LogP contribution in [0, 0.1) is 12.8 Å². The lowest BCUT2D eigenvalue weighted by atomic mass is 9.96. The van der Waals surface area contributed by atoms with Crippen LogP contribution in [0.5, 0.6) is 0 Å². The number of hydrogen-bond donors (Lipinski definition) is 1. The molecule has 0 bridgehead atoms. The van der Waals surface area contributed by atoms with E-state index < -0.39 is 0 Å². The molecule has 0 aromatic carbocycles. The van der Waals surface area contributed by atoms with Crippen LogP contribution in [0.3, 0.4) is 0 Å². The van der Waals surface area contributed by atoms with E-state index in [1.165, 1.54) is 16.0 Å². The van der Waals surface area contributed by atoms with Gasteiger partial charge in [-0.15, -0.1) is 26.2 Å². The van der Waals surface area contributed by atoms with Gasteiger partial charge in [0.2, 0.25) is 5.91 Å². The Hall–Kier alpha value is -2.62. The van der Waals surface area contributed by atoms with Crippen LogP contribution in [0.1, 0.15) is 18.5 Å². The van der Waals surface area contributed by atoms with E-state index in [0.717, 1.165) is 37.4 Å². The van der Waals surface area contributed by atoms with E-state index in [-0.39, 0.29) is 11.8 Å². The van der Waals surface area contributed by atoms with Gasteiger partial charge in [0, 0.05) is 24.4 Å². The Morgan fingerprint density at radius 3 is 2.92 bits per heavy atom. The average molecular weight is 344 g/mol. The molecule has 1 aliphatic rings. The highest BCUT2D eigenvalue weighted by Crippen LogP contribution is 2.24. The Labute approximate surface area is 141 Å². The summed E-state index contributed by atoms with van der Waals surface area (Å²) in [5.74, 6) is 0.874. The molecule has 1 amide bonds. The fourth-order valence-corrected chi connectivity index (χ4v) is 3.49. The van der Waals surface area contributed by atoms with E-state index in [1.807, 2.05) is 24.4 Å². The molecule has 24 heavy (non-hydrogen) atoms. The van der Waals surface area contributed by atoms with Crippen molar-refractivity contribution < 1.29 is 4.79 Å². The molecule has 1 N–H and O–H groups in total. The van der Waals surface area contributed by atoms with Gasteiger partial charge in [-0.1, -0.05) is 0 Å². The van der Waals surface area contributed by atoms with Crippen molar-refractivity contribution in [3.05, 3.63) is 23.2 Å². The molecule has 0 radical (unpaired) electrons. The van der Waals surface area contributed by atoms with Crippen LogP contribution in [0.4, 0.5) is 10.9 Å². The van der Waals surface area contributed by atoms with Crippen LogP contribution >= 0.6 is 11.3 Å². The van der Waals surface area contributed by atoms with Crippen molar-refractivity contribution in [1.29, 1.82) is 0 Å². The van der Waals surface area contributed by atoms with E-state index >= 15 is 0 Å². The van der Waals surface area contributed by atoms with Gasteiger partial charge in [-0.25, -0.2) is 4.98 Å². The van der Waals surface area contributed by atoms with E-state index in [9.17, 15) is 4.79 Å². The molecular weight excluding hydrogens is 328 g/mol. The maximum absolute atomic E-state index is 12.4. The van der Waals surface area contributed by atoms with Gasteiger partial charge < -0.3 is 10.2 Å². The van der Waals surface area contributed by atoms with Gasteiger partial charge in [0.25, 0.3) is 0 Å². The minimum atomic E-state index is 0.00206. The second-order valence-electron chi connectivity index (χ2n) is 5.76. The summed E-state index contributed by atoms with van der Waals surface area (Å²) in [6, 6.07) is 3.75. The van der Waals surface area contributed by atoms with Gasteiger partial charge in [0.1, 0.15) is 0 Å². The maximum atomic E-state index is 12.4. The predicted molar refractivity (Wildman–Crippen MR) is 89.0 cm³/mol. The minimum absolute atomic E-state index is 0.00206. The molecule has 3 aromatic heterocycles. The third-order valence-electron chi connectivity index (χ3n) is 4.09. The largest absolute Gasteiger partial charge is 0.355 e. The number of piperidine rings is 1. The topological polar surface area (TPSA) is 101 Å². The molecule has 0 saturated carbocycles. The Bertz CT molecular complexity index is 866. The van der Waals surface area contributed by atoms with Crippen molar-refractivity contribution in [3.8, 4) is 0 Å². The first kappa shape index (κ1) is 14.9. The zero-order valence-corrected chi connectivity index (χ0v) is 13.9. The molecular formula is C14H16N8OS. The molecule has 1 aliphatic heterocycles. The molecule has 10 heteroatoms. The number of fused-ring (bicyclic) bond motifs is 1. The zero-order chi connectivity index (χ0) is 16.5. The lowest BCUT2D eigenvalue weighted by molar-refractivity contribution is -0.120. The number of nitrogens with one attached hydrogen (secondary N) is 1. The van der Waals surface area contributed by atoms with E-state index in [4.69, 9.17) is 0 Å². The van der Waals surface area contributed by atoms with E-state index in [0.29, 0.717) is 10.8 Å². The number of aromatic nitrogens is 6. The van der Waals surface area contributed by atoms with Gasteiger partial charge in [-0.05, 0) is 42.3 Å². The Kier molecular flexibility index (Phi) is 3.81. The predicted octanol–water partition coefficient (Wildman–Crippen LogP) is 1.14. The number of hydrogen-bond acceptors (Lipinski definition) is 8. The summed E-state index contributed by atoms with van der Waals surface area (Å²) in [5, 5.41) is 21.2. The third-order valence-corrected chi connectivity index (χ3v) is 4.97. The van der Waals surface area contributed by atoms with Crippen LogP contribution in [0.25, 0.3) is 5.65 Å². The third kappa shape index (κ3) is 2.92. The number of carbonyl (C=O) groups is 1. The molecule has 0 aliphatic carbocycles. The Morgan fingerprint density at radius 2 is 2.17 bits per heavy atom. The minimum Gasteiger partial charge on any atom is -0.355 e. The second kappa shape index (κ2) is 6.11. The average Bonchev–Trinajstić information content (AvgIpc) is 3.23. The number of aryl methyl sites for hydroxylation is 1. The van der Waals surface area contributed by atoms with Gasteiger partial charge in [-0.3, -0.25) is 4.79 Å². The molecule has 3 aromatic rings. The quantitative estimate of drug-likeness (QED) is 0.760. The van der Waals surface area contributed by atoms with Crippen molar-refractivity contribution in [1.82, 2.24) is 30.2 Å². The van der Waals surface area contributed by atoms with Crippen LogP contribution in [0.2, 0.25) is 0 Å². The zero-order valence-electron chi connectivity index (χ0n) is 13.1. The van der Waals surface area contributed by atoms with Crippen LogP contribution < -0.4 is 10.2 Å². The number of thiazole rings is 1. The van der Waals surface area contributed by atoms with Crippen LogP contribution in [0.15, 0.2) is 17.5 Å². The molecule has 0 atom stereocenters. The highest BCUT2D eigenvalue weighted by atomic mass is 32.1. The summed E-state index contributed by atoms with van der Waals surface area (Å²) >= 11 is 1.46. The summed E-state index contributed by atoms with van der Waals surface area (Å²) in [6.45, 7) is 3.46. The normalized spacial score (nSPS) is 15.8. The number of tetrazole rings is 1. The SMILES string of the molecule is Cc1csc(NC(=O)C2CCN(c3ccc4nnnn4n3)CC2)n1. The summed E-state index contributed by atoms with van der Waals surface area (Å²) in [7, 11) is 0. The highest BCUT2D eigenvalue weighted by Gasteiger charge is 2.26. The van der Waals surface area contributed by atoms with E-state index in [2.05, 4.69) is 35.8 Å². The molecule has 1 saturated heterocycles. The molecule has 4 heterocycles. The van der Waals surface area contributed by atoms with Crippen molar-refractivity contribution in [2.24, 2.45) is 5.92 Å². The number of nitrogens with zero attached hydrogens (tertiary/aromatic N) is 7. The van der Waals surface area contributed by atoms with Crippen molar-refractivity contribution in [3.63, 3.8) is 0 Å². The summed E-state index contributed by atoms with van der Waals surface area (Å²) in [6.07, 6.45) is 1.57. The summed E-state index contributed by atoms with van der Waals surface area (Å²) in [5.41, 5.74) is 1.54. The molecule has 4 rings (SSSR count). The molecule has 0 spiro atoms. The first-order valence-electron chi connectivity index (χ1n) is 7.72. The monoisotopic (exact) mass is 344 g/mol. The number of carbonyl (C=O) groups excluding carboxylic acids is 1. The van der Waals surface area contributed by atoms with Gasteiger partial charge in [-0.2, -0.15) is 0 Å². The van der Waals surface area contributed by atoms with Gasteiger partial charge in [0.15, 0.2) is 16.6 Å². The highest BCUT2D eigenvalue weighted by molar-refractivity contribution is 7.13. The lowest BCUT2D eigenvalue weighted by Gasteiger charge is -2.31. The summed E-state index contributed by atoms with van der Waals surface area (Å²) < 4.78 is 1.42. The maximum Gasteiger partial charge on any atom is 0.229 e. The lowest BCUT2D eigenvalue weighted by Crippen LogP contribution is -2.38. The molecule has 1 fully saturated rings. The van der Waals surface area contributed by atoms with Gasteiger partial charge >= 0.3 is 0 Å². The number of anilines is 2. The Balaban J connectivity index is 1.38. The fourth-order valence-electron chi connectivity index (χ4n) is 2.80. The number of rotatable bonds is 3. The molecule has 9 nitrogen and oxygen atoms in total. The smallest absolute Gasteiger partial charge is 0.229 e. The van der Waals surface area contributed by atoms with E-state index in [1.54, 1.807) is 0 Å². The van der Waals surface area contributed by atoms with Crippen LogP contribution in [-0.2, 0) is 4.79 Å². The number of amides is 1. The van der Waals surface area contributed by atoms with Gasteiger partial charge in [0.05, 0.1) is 5.69 Å². The summed E-state index contributed by atoms with van der Waals surface area (Å²) in [4.78, 5) is 18.8. The molecule has 124 valence electrons. The standard InChI is InChI=1S/C14H16N8OS/c1-9-8-24-14(15-9)16-13(23)10-4-6-21(7-5-10)12-3-2-11-17-19-20-22(11)18-12/h2-3,8,10H,4-7H2,1H3,(H,15,16,23). The van der Waals surface area contributed by atoms with Crippen LogP contribution in [-0.4, -0.2) is 49.2 Å². The second-order valence-corrected chi connectivity index (χ2v) is 6.62. The van der Waals surface area contributed by atoms with Crippen molar-refractivity contribution in [2.45, 2.75) is 19.8 Å². The van der Waals surface area contributed by atoms with Crippen molar-refractivity contribution in [2.75, 3.05) is 23.3 Å². The Morgan fingerprint density at radius 1 is 1.33 bits per heavy atom. The van der Waals surface area contributed by atoms with Crippen molar-refractivity contribution >= 4 is 33.8 Å². The fraction of sp³-hybridized carbons (Fsp3) is 0.429. The first-order chi connectivity index (χ1) is 11.7.